The van der Waals surface area contributed by atoms with Gasteiger partial charge in [0.2, 0.25) is 5.91 Å². The summed E-state index contributed by atoms with van der Waals surface area (Å²) in [5.74, 6) is -1.29. The number of amides is 2. The number of alkyl halides is 3. The van der Waals surface area contributed by atoms with E-state index in [1.807, 2.05) is 0 Å². The first-order chi connectivity index (χ1) is 14.6. The second kappa shape index (κ2) is 9.05. The van der Waals surface area contributed by atoms with E-state index < -0.39 is 35.7 Å². The van der Waals surface area contributed by atoms with Gasteiger partial charge in [-0.15, -0.1) is 0 Å². The molecule has 3 rings (SSSR count). The molecule has 2 aromatic carbocycles. The van der Waals surface area contributed by atoms with Gasteiger partial charge in [0.25, 0.3) is 11.5 Å². The van der Waals surface area contributed by atoms with E-state index in [1.165, 1.54) is 12.1 Å². The summed E-state index contributed by atoms with van der Waals surface area (Å²) < 4.78 is 39.2. The predicted molar refractivity (Wildman–Crippen MR) is 110 cm³/mol. The molecule has 6 nitrogen and oxygen atoms in total. The predicted octanol–water partition coefficient (Wildman–Crippen LogP) is 4.41. The molecule has 2 N–H and O–H groups in total. The third-order valence-electron chi connectivity index (χ3n) is 4.17. The van der Waals surface area contributed by atoms with Crippen molar-refractivity contribution in [2.75, 3.05) is 10.6 Å². The van der Waals surface area contributed by atoms with E-state index in [0.29, 0.717) is 27.5 Å². The standard InChI is InChI=1S/C21H15ClF3N3O3/c22-14-6-8-15(9-7-14)26-20(31)16-3-1-2-4-17(16)27-18(29)12-28-11-13(21(23,24)25)5-10-19(28)30/h1-11H,12H2,(H,26,31)(H,27,29). The Morgan fingerprint density at radius 2 is 1.61 bits per heavy atom. The minimum atomic E-state index is -4.65. The van der Waals surface area contributed by atoms with E-state index in [0.717, 1.165) is 6.07 Å². The number of halogens is 4. The van der Waals surface area contributed by atoms with Crippen LogP contribution in [0.5, 0.6) is 0 Å². The zero-order valence-electron chi connectivity index (χ0n) is 15.7. The summed E-state index contributed by atoms with van der Waals surface area (Å²) >= 11 is 5.81. The molecule has 2 amide bonds. The molecule has 0 saturated heterocycles. The van der Waals surface area contributed by atoms with Crippen LogP contribution >= 0.6 is 11.6 Å². The lowest BCUT2D eigenvalue weighted by Crippen LogP contribution is -2.28. The van der Waals surface area contributed by atoms with Gasteiger partial charge in [-0.2, -0.15) is 13.2 Å². The van der Waals surface area contributed by atoms with E-state index in [-0.39, 0.29) is 11.3 Å². The average molecular weight is 450 g/mol. The van der Waals surface area contributed by atoms with Crippen LogP contribution in [0.25, 0.3) is 0 Å². The number of para-hydroxylation sites is 1. The lowest BCUT2D eigenvalue weighted by Gasteiger charge is -2.13. The summed E-state index contributed by atoms with van der Waals surface area (Å²) in [6, 6.07) is 13.9. The Kier molecular flexibility index (Phi) is 6.45. The monoisotopic (exact) mass is 449 g/mol. The van der Waals surface area contributed by atoms with Crippen LogP contribution in [0.1, 0.15) is 15.9 Å². The number of rotatable bonds is 5. The molecule has 0 radical (unpaired) electrons. The normalized spacial score (nSPS) is 11.1. The molecule has 0 atom stereocenters. The van der Waals surface area contributed by atoms with Gasteiger partial charge >= 0.3 is 6.18 Å². The van der Waals surface area contributed by atoms with Crippen LogP contribution < -0.4 is 16.2 Å². The van der Waals surface area contributed by atoms with E-state index in [1.54, 1.807) is 36.4 Å². The maximum absolute atomic E-state index is 12.9. The number of anilines is 2. The molecule has 0 unspecified atom stereocenters. The van der Waals surface area contributed by atoms with E-state index in [2.05, 4.69) is 10.6 Å². The number of carbonyl (C=O) groups excluding carboxylic acids is 2. The van der Waals surface area contributed by atoms with Gasteiger partial charge in [0, 0.05) is 23.0 Å². The van der Waals surface area contributed by atoms with Crippen molar-refractivity contribution in [3.8, 4) is 0 Å². The summed E-state index contributed by atoms with van der Waals surface area (Å²) in [6.45, 7) is -0.657. The number of nitrogens with zero attached hydrogens (tertiary/aromatic N) is 1. The Hall–Kier alpha value is -3.59. The molecule has 0 aliphatic carbocycles. The van der Waals surface area contributed by atoms with Gasteiger partial charge in [0.05, 0.1) is 16.8 Å². The van der Waals surface area contributed by atoms with E-state index >= 15 is 0 Å². The van der Waals surface area contributed by atoms with Crippen LogP contribution in [0.4, 0.5) is 24.5 Å². The fourth-order valence-electron chi connectivity index (χ4n) is 2.69. The fraction of sp³-hybridized carbons (Fsp3) is 0.0952. The van der Waals surface area contributed by atoms with Gasteiger partial charge in [-0.3, -0.25) is 14.4 Å². The number of benzene rings is 2. The summed E-state index contributed by atoms with van der Waals surface area (Å²) in [5.41, 5.74) is -1.08. The number of nitrogens with one attached hydrogen (secondary N) is 2. The zero-order chi connectivity index (χ0) is 22.6. The highest BCUT2D eigenvalue weighted by molar-refractivity contribution is 6.30. The van der Waals surface area contributed by atoms with Crippen molar-refractivity contribution < 1.29 is 22.8 Å². The minimum absolute atomic E-state index is 0.127. The third kappa shape index (κ3) is 5.73. The molecule has 0 aliphatic rings. The summed E-state index contributed by atoms with van der Waals surface area (Å²) in [5, 5.41) is 5.61. The minimum Gasteiger partial charge on any atom is -0.324 e. The Morgan fingerprint density at radius 1 is 0.935 bits per heavy atom. The molecule has 0 fully saturated rings. The molecule has 160 valence electrons. The quantitative estimate of drug-likeness (QED) is 0.605. The van der Waals surface area contributed by atoms with Crippen molar-refractivity contribution in [3.05, 3.63) is 93.4 Å². The molecule has 3 aromatic rings. The fourth-order valence-corrected chi connectivity index (χ4v) is 2.81. The Morgan fingerprint density at radius 3 is 2.29 bits per heavy atom. The lowest BCUT2D eigenvalue weighted by atomic mass is 10.1. The molecule has 1 aromatic heterocycles. The van der Waals surface area contributed by atoms with Crippen LogP contribution in [0.15, 0.2) is 71.7 Å². The van der Waals surface area contributed by atoms with Crippen LogP contribution in [0.3, 0.4) is 0 Å². The van der Waals surface area contributed by atoms with Crippen molar-refractivity contribution in [1.29, 1.82) is 0 Å². The van der Waals surface area contributed by atoms with Gasteiger partial charge < -0.3 is 15.2 Å². The van der Waals surface area contributed by atoms with Crippen LogP contribution in [0.2, 0.25) is 5.02 Å². The first-order valence-electron chi connectivity index (χ1n) is 8.87. The Balaban J connectivity index is 1.76. The van der Waals surface area contributed by atoms with Crippen molar-refractivity contribution in [1.82, 2.24) is 4.57 Å². The molecule has 1 heterocycles. The number of hydrogen-bond donors (Lipinski definition) is 2. The zero-order valence-corrected chi connectivity index (χ0v) is 16.5. The lowest BCUT2D eigenvalue weighted by molar-refractivity contribution is -0.138. The second-order valence-electron chi connectivity index (χ2n) is 6.44. The van der Waals surface area contributed by atoms with Crippen molar-refractivity contribution in [3.63, 3.8) is 0 Å². The van der Waals surface area contributed by atoms with Crippen LogP contribution in [-0.4, -0.2) is 16.4 Å². The summed E-state index contributed by atoms with van der Waals surface area (Å²) in [4.78, 5) is 36.8. The Labute approximate surface area is 179 Å². The maximum Gasteiger partial charge on any atom is 0.417 e. The number of aromatic nitrogens is 1. The number of hydrogen-bond acceptors (Lipinski definition) is 3. The van der Waals surface area contributed by atoms with Gasteiger partial charge in [-0.1, -0.05) is 23.7 Å². The van der Waals surface area contributed by atoms with E-state index in [4.69, 9.17) is 11.6 Å². The average Bonchev–Trinajstić information content (AvgIpc) is 2.71. The second-order valence-corrected chi connectivity index (χ2v) is 6.87. The molecule has 31 heavy (non-hydrogen) atoms. The smallest absolute Gasteiger partial charge is 0.324 e. The molecular formula is C21H15ClF3N3O3. The molecule has 0 bridgehead atoms. The molecule has 0 aliphatic heterocycles. The SMILES string of the molecule is O=C(Cn1cc(C(F)(F)F)ccc1=O)Nc1ccccc1C(=O)Nc1ccc(Cl)cc1. The maximum atomic E-state index is 12.9. The first-order valence-corrected chi connectivity index (χ1v) is 9.25. The highest BCUT2D eigenvalue weighted by Crippen LogP contribution is 2.28. The molecular weight excluding hydrogens is 435 g/mol. The van der Waals surface area contributed by atoms with Gasteiger partial charge in [-0.25, -0.2) is 0 Å². The van der Waals surface area contributed by atoms with Gasteiger partial charge in [0.15, 0.2) is 0 Å². The van der Waals surface area contributed by atoms with Crippen molar-refractivity contribution >= 4 is 34.8 Å². The molecule has 10 heteroatoms. The Bertz CT molecular complexity index is 1170. The van der Waals surface area contributed by atoms with Crippen molar-refractivity contribution in [2.45, 2.75) is 12.7 Å². The topological polar surface area (TPSA) is 80.2 Å². The molecule has 0 saturated carbocycles. The van der Waals surface area contributed by atoms with Crippen LogP contribution in [0, 0.1) is 0 Å². The summed E-state index contributed by atoms with van der Waals surface area (Å²) in [7, 11) is 0. The first kappa shape index (κ1) is 22.1. The summed E-state index contributed by atoms with van der Waals surface area (Å²) in [6.07, 6.45) is -4.08. The van der Waals surface area contributed by atoms with Gasteiger partial charge in [0.1, 0.15) is 6.54 Å². The number of carbonyl (C=O) groups is 2. The largest absolute Gasteiger partial charge is 0.417 e. The van der Waals surface area contributed by atoms with E-state index in [9.17, 15) is 27.6 Å². The molecule has 0 spiro atoms. The third-order valence-corrected chi connectivity index (χ3v) is 4.42. The highest BCUT2D eigenvalue weighted by Gasteiger charge is 2.31. The van der Waals surface area contributed by atoms with Crippen LogP contribution in [-0.2, 0) is 17.5 Å². The number of pyridine rings is 1. The van der Waals surface area contributed by atoms with Crippen molar-refractivity contribution in [2.24, 2.45) is 0 Å². The van der Waals surface area contributed by atoms with Gasteiger partial charge in [-0.05, 0) is 42.5 Å². The highest BCUT2D eigenvalue weighted by atomic mass is 35.5.